The average molecular weight is 304 g/mol. The Bertz CT molecular complexity index is 793. The fourth-order valence-electron chi connectivity index (χ4n) is 2.59. The molecule has 0 aliphatic heterocycles. The number of methoxy groups -OCH3 is 1. The standard InChI is InChI=1S/C20H20N2O/c1-14-11-19(16-7-9-18(23-2)10-8-16)20(22-13-14)17-5-3-15(12-21)4-6-17/h3-11,13H,12,21H2,1-2H3. The van der Waals surface area contributed by atoms with Gasteiger partial charge in [0.05, 0.1) is 12.8 Å². The highest BCUT2D eigenvalue weighted by atomic mass is 16.5. The van der Waals surface area contributed by atoms with Crippen molar-refractivity contribution in [2.75, 3.05) is 7.11 Å². The Morgan fingerprint density at radius 3 is 2.22 bits per heavy atom. The lowest BCUT2D eigenvalue weighted by molar-refractivity contribution is 0.415. The highest BCUT2D eigenvalue weighted by molar-refractivity contribution is 5.81. The van der Waals surface area contributed by atoms with Gasteiger partial charge in [0.1, 0.15) is 5.75 Å². The van der Waals surface area contributed by atoms with E-state index in [1.807, 2.05) is 18.3 Å². The summed E-state index contributed by atoms with van der Waals surface area (Å²) in [7, 11) is 1.67. The van der Waals surface area contributed by atoms with E-state index in [1.54, 1.807) is 7.11 Å². The number of hydrogen-bond donors (Lipinski definition) is 1. The van der Waals surface area contributed by atoms with Crippen LogP contribution in [0.1, 0.15) is 11.1 Å². The van der Waals surface area contributed by atoms with Gasteiger partial charge in [0.15, 0.2) is 0 Å². The monoisotopic (exact) mass is 304 g/mol. The lowest BCUT2D eigenvalue weighted by atomic mass is 9.97. The Morgan fingerprint density at radius 2 is 1.61 bits per heavy atom. The molecule has 3 rings (SSSR count). The Kier molecular flexibility index (Phi) is 4.40. The summed E-state index contributed by atoms with van der Waals surface area (Å²) in [6, 6.07) is 18.5. The molecule has 0 amide bonds. The van der Waals surface area contributed by atoms with Crippen LogP contribution in [0.2, 0.25) is 0 Å². The van der Waals surface area contributed by atoms with Crippen LogP contribution in [0, 0.1) is 6.92 Å². The Morgan fingerprint density at radius 1 is 0.957 bits per heavy atom. The number of ether oxygens (including phenoxy) is 1. The van der Waals surface area contributed by atoms with Crippen molar-refractivity contribution in [3.8, 4) is 28.1 Å². The van der Waals surface area contributed by atoms with Crippen molar-refractivity contribution in [2.24, 2.45) is 5.73 Å². The van der Waals surface area contributed by atoms with Crippen molar-refractivity contribution in [1.82, 2.24) is 4.98 Å². The van der Waals surface area contributed by atoms with Crippen LogP contribution in [0.15, 0.2) is 60.8 Å². The number of nitrogens with two attached hydrogens (primary N) is 1. The first kappa shape index (κ1) is 15.3. The van der Waals surface area contributed by atoms with Gasteiger partial charge in [-0.15, -0.1) is 0 Å². The van der Waals surface area contributed by atoms with Gasteiger partial charge >= 0.3 is 0 Å². The van der Waals surface area contributed by atoms with Gasteiger partial charge in [-0.3, -0.25) is 4.98 Å². The Hall–Kier alpha value is -2.65. The van der Waals surface area contributed by atoms with Crippen molar-refractivity contribution < 1.29 is 4.74 Å². The zero-order valence-electron chi connectivity index (χ0n) is 13.4. The molecule has 0 aliphatic carbocycles. The van der Waals surface area contributed by atoms with Gasteiger partial charge < -0.3 is 10.5 Å². The zero-order valence-corrected chi connectivity index (χ0v) is 13.4. The third kappa shape index (κ3) is 3.25. The smallest absolute Gasteiger partial charge is 0.118 e. The zero-order chi connectivity index (χ0) is 16.2. The minimum atomic E-state index is 0.549. The second-order valence-corrected chi connectivity index (χ2v) is 5.54. The molecule has 116 valence electrons. The maximum absolute atomic E-state index is 5.68. The molecular weight excluding hydrogens is 284 g/mol. The molecule has 0 atom stereocenters. The van der Waals surface area contributed by atoms with E-state index < -0.39 is 0 Å². The average Bonchev–Trinajstić information content (AvgIpc) is 2.62. The summed E-state index contributed by atoms with van der Waals surface area (Å²) in [4.78, 5) is 4.66. The molecule has 0 spiro atoms. The van der Waals surface area contributed by atoms with Crippen LogP contribution in [-0.2, 0) is 6.54 Å². The minimum Gasteiger partial charge on any atom is -0.497 e. The third-order valence-electron chi connectivity index (χ3n) is 3.89. The predicted molar refractivity (Wildman–Crippen MR) is 94.3 cm³/mol. The van der Waals surface area contributed by atoms with Gasteiger partial charge in [0, 0.05) is 23.9 Å². The van der Waals surface area contributed by atoms with E-state index in [0.717, 1.165) is 39.3 Å². The van der Waals surface area contributed by atoms with Crippen LogP contribution < -0.4 is 10.5 Å². The van der Waals surface area contributed by atoms with E-state index >= 15 is 0 Å². The van der Waals surface area contributed by atoms with Crippen LogP contribution in [0.5, 0.6) is 5.75 Å². The molecule has 2 N–H and O–H groups in total. The molecule has 0 saturated heterocycles. The largest absolute Gasteiger partial charge is 0.497 e. The van der Waals surface area contributed by atoms with Gasteiger partial charge in [0.2, 0.25) is 0 Å². The first-order chi connectivity index (χ1) is 11.2. The summed E-state index contributed by atoms with van der Waals surface area (Å²) >= 11 is 0. The van der Waals surface area contributed by atoms with Gasteiger partial charge in [-0.1, -0.05) is 36.4 Å². The molecule has 3 heteroatoms. The van der Waals surface area contributed by atoms with Crippen molar-refractivity contribution in [3.05, 3.63) is 71.9 Å². The Balaban J connectivity index is 2.09. The number of aromatic nitrogens is 1. The lowest BCUT2D eigenvalue weighted by Crippen LogP contribution is -1.96. The van der Waals surface area contributed by atoms with E-state index in [9.17, 15) is 0 Å². The number of nitrogens with zero attached hydrogens (tertiary/aromatic N) is 1. The number of benzene rings is 2. The molecule has 3 aromatic rings. The normalized spacial score (nSPS) is 10.6. The second kappa shape index (κ2) is 6.63. The van der Waals surface area contributed by atoms with Crippen LogP contribution in [0.4, 0.5) is 0 Å². The number of hydrogen-bond acceptors (Lipinski definition) is 3. The third-order valence-corrected chi connectivity index (χ3v) is 3.89. The molecule has 0 unspecified atom stereocenters. The number of rotatable bonds is 4. The SMILES string of the molecule is COc1ccc(-c2cc(C)cnc2-c2ccc(CN)cc2)cc1. The highest BCUT2D eigenvalue weighted by Crippen LogP contribution is 2.32. The molecule has 1 heterocycles. The van der Waals surface area contributed by atoms with Crippen molar-refractivity contribution >= 4 is 0 Å². The molecule has 1 aromatic heterocycles. The van der Waals surface area contributed by atoms with Gasteiger partial charge in [-0.2, -0.15) is 0 Å². The molecule has 2 aromatic carbocycles. The summed E-state index contributed by atoms with van der Waals surface area (Å²) in [6.07, 6.45) is 1.90. The summed E-state index contributed by atoms with van der Waals surface area (Å²) in [6.45, 7) is 2.61. The van der Waals surface area contributed by atoms with E-state index in [-0.39, 0.29) is 0 Å². The fraction of sp³-hybridized carbons (Fsp3) is 0.150. The first-order valence-corrected chi connectivity index (χ1v) is 7.61. The predicted octanol–water partition coefficient (Wildman–Crippen LogP) is 4.19. The van der Waals surface area contributed by atoms with Crippen molar-refractivity contribution in [3.63, 3.8) is 0 Å². The Labute approximate surface area is 136 Å². The van der Waals surface area contributed by atoms with Gasteiger partial charge in [-0.05, 0) is 41.8 Å². The van der Waals surface area contributed by atoms with E-state index in [1.165, 1.54) is 0 Å². The maximum Gasteiger partial charge on any atom is 0.118 e. The van der Waals surface area contributed by atoms with Crippen LogP contribution in [0.25, 0.3) is 22.4 Å². The van der Waals surface area contributed by atoms with Crippen LogP contribution >= 0.6 is 0 Å². The molecule has 0 saturated carbocycles. The highest BCUT2D eigenvalue weighted by Gasteiger charge is 2.10. The lowest BCUT2D eigenvalue weighted by Gasteiger charge is -2.11. The quantitative estimate of drug-likeness (QED) is 0.786. The first-order valence-electron chi connectivity index (χ1n) is 7.61. The molecule has 0 radical (unpaired) electrons. The van der Waals surface area contributed by atoms with Crippen molar-refractivity contribution in [2.45, 2.75) is 13.5 Å². The summed E-state index contributed by atoms with van der Waals surface area (Å²) in [5.74, 6) is 0.850. The van der Waals surface area contributed by atoms with Crippen LogP contribution in [-0.4, -0.2) is 12.1 Å². The second-order valence-electron chi connectivity index (χ2n) is 5.54. The van der Waals surface area contributed by atoms with Crippen molar-refractivity contribution in [1.29, 1.82) is 0 Å². The minimum absolute atomic E-state index is 0.549. The molecule has 23 heavy (non-hydrogen) atoms. The molecule has 0 bridgehead atoms. The van der Waals surface area contributed by atoms with E-state index in [4.69, 9.17) is 10.5 Å². The molecule has 0 aliphatic rings. The molecular formula is C20H20N2O. The number of pyridine rings is 1. The molecule has 0 fully saturated rings. The summed E-state index contributed by atoms with van der Waals surface area (Å²) in [5.41, 5.74) is 12.2. The topological polar surface area (TPSA) is 48.1 Å². The summed E-state index contributed by atoms with van der Waals surface area (Å²) in [5, 5.41) is 0. The van der Waals surface area contributed by atoms with Crippen LogP contribution in [0.3, 0.4) is 0 Å². The van der Waals surface area contributed by atoms with E-state index in [0.29, 0.717) is 6.54 Å². The van der Waals surface area contributed by atoms with Gasteiger partial charge in [-0.25, -0.2) is 0 Å². The summed E-state index contributed by atoms with van der Waals surface area (Å²) < 4.78 is 5.24. The molecule has 3 nitrogen and oxygen atoms in total. The van der Waals surface area contributed by atoms with Gasteiger partial charge in [0.25, 0.3) is 0 Å². The maximum atomic E-state index is 5.68. The number of aryl methyl sites for hydroxylation is 1. The van der Waals surface area contributed by atoms with E-state index in [2.05, 4.69) is 54.4 Å². The fourth-order valence-corrected chi connectivity index (χ4v) is 2.59.